The van der Waals surface area contributed by atoms with Gasteiger partial charge in [0.05, 0.1) is 0 Å². The fraction of sp³-hybridized carbons (Fsp3) is 1.00. The minimum absolute atomic E-state index is 0.134. The molecule has 0 radical (unpaired) electrons. The molecule has 0 saturated carbocycles. The smallest absolute Gasteiger partial charge is 0.343 e. The molecule has 0 aromatic carbocycles. The average Bonchev–Trinajstić information content (AvgIpc) is 2.42. The van der Waals surface area contributed by atoms with Crippen LogP contribution in [0.3, 0.4) is 0 Å². The van der Waals surface area contributed by atoms with Crippen LogP contribution in [0.5, 0.6) is 0 Å². The minimum atomic E-state index is -2.16. The predicted octanol–water partition coefficient (Wildman–Crippen LogP) is 5.76. The molecule has 122 valence electrons. The summed E-state index contributed by atoms with van der Waals surface area (Å²) in [6, 6.07) is 1.12. The molecule has 0 amide bonds. The van der Waals surface area contributed by atoms with E-state index in [4.69, 9.17) is 8.85 Å². The summed E-state index contributed by atoms with van der Waals surface area (Å²) >= 11 is 0. The molecule has 0 saturated heterocycles. The van der Waals surface area contributed by atoms with Crippen molar-refractivity contribution >= 4 is 8.56 Å². The Labute approximate surface area is 128 Å². The van der Waals surface area contributed by atoms with E-state index in [-0.39, 0.29) is 5.04 Å². The Morgan fingerprint density at radius 1 is 0.900 bits per heavy atom. The first-order valence-electron chi connectivity index (χ1n) is 8.39. The molecule has 1 unspecified atom stereocenters. The summed E-state index contributed by atoms with van der Waals surface area (Å²) < 4.78 is 12.1. The van der Waals surface area contributed by atoms with Gasteiger partial charge in [0.1, 0.15) is 0 Å². The van der Waals surface area contributed by atoms with Gasteiger partial charge in [-0.2, -0.15) is 0 Å². The Balaban J connectivity index is 4.80. The maximum absolute atomic E-state index is 6.05. The first-order valence-corrected chi connectivity index (χ1v) is 10.4. The average molecular weight is 303 g/mol. The van der Waals surface area contributed by atoms with Crippen molar-refractivity contribution in [3.05, 3.63) is 0 Å². The Morgan fingerprint density at radius 2 is 1.40 bits per heavy atom. The van der Waals surface area contributed by atoms with Crippen LogP contribution in [-0.2, 0) is 8.85 Å². The lowest BCUT2D eigenvalue weighted by Crippen LogP contribution is -2.53. The zero-order valence-electron chi connectivity index (χ0n) is 15.2. The Morgan fingerprint density at radius 3 is 1.80 bits per heavy atom. The third kappa shape index (κ3) is 4.85. The Bertz CT molecular complexity index is 247. The molecule has 1 atom stereocenters. The van der Waals surface area contributed by atoms with Crippen molar-refractivity contribution in [2.45, 2.75) is 84.7 Å². The van der Waals surface area contributed by atoms with Gasteiger partial charge in [0, 0.05) is 19.3 Å². The fourth-order valence-electron chi connectivity index (χ4n) is 3.28. The highest BCUT2D eigenvalue weighted by Crippen LogP contribution is 2.50. The lowest BCUT2D eigenvalue weighted by Gasteiger charge is -2.46. The summed E-state index contributed by atoms with van der Waals surface area (Å²) in [6.07, 6.45) is 6.53. The summed E-state index contributed by atoms with van der Waals surface area (Å²) in [5, 5.41) is 0.134. The van der Waals surface area contributed by atoms with Gasteiger partial charge < -0.3 is 8.85 Å². The molecule has 3 heteroatoms. The third-order valence-corrected chi connectivity index (χ3v) is 10.1. The molecule has 0 heterocycles. The molecule has 0 aromatic heterocycles. The van der Waals surface area contributed by atoms with Gasteiger partial charge in [-0.1, -0.05) is 73.6 Å². The summed E-state index contributed by atoms with van der Waals surface area (Å²) in [4.78, 5) is 0. The van der Waals surface area contributed by atoms with Crippen LogP contribution in [0.25, 0.3) is 0 Å². The van der Waals surface area contributed by atoms with Crippen LogP contribution in [0.4, 0.5) is 0 Å². The second-order valence-corrected chi connectivity index (χ2v) is 11.2. The van der Waals surface area contributed by atoms with Crippen molar-refractivity contribution in [1.82, 2.24) is 0 Å². The number of hydrogen-bond acceptors (Lipinski definition) is 2. The second kappa shape index (κ2) is 9.21. The van der Waals surface area contributed by atoms with Crippen LogP contribution >= 0.6 is 0 Å². The van der Waals surface area contributed by atoms with E-state index >= 15 is 0 Å². The lowest BCUT2D eigenvalue weighted by molar-refractivity contribution is 0.171. The van der Waals surface area contributed by atoms with Crippen molar-refractivity contribution in [2.24, 2.45) is 11.8 Å². The topological polar surface area (TPSA) is 18.5 Å². The monoisotopic (exact) mass is 302 g/mol. The molecule has 0 aliphatic carbocycles. The van der Waals surface area contributed by atoms with Gasteiger partial charge in [-0.3, -0.25) is 0 Å². The lowest BCUT2D eigenvalue weighted by atomic mass is 9.86. The summed E-state index contributed by atoms with van der Waals surface area (Å²) in [6.45, 7) is 13.9. The van der Waals surface area contributed by atoms with E-state index in [9.17, 15) is 0 Å². The van der Waals surface area contributed by atoms with Gasteiger partial charge in [0.15, 0.2) is 0 Å². The SMILES string of the molecule is CCCCCCC[Si](OC)(OC)C(C)(C)C(C)C(C)C. The molecule has 2 nitrogen and oxygen atoms in total. The number of rotatable bonds is 11. The van der Waals surface area contributed by atoms with Crippen LogP contribution in [0.2, 0.25) is 11.1 Å². The van der Waals surface area contributed by atoms with Crippen LogP contribution in [0.15, 0.2) is 0 Å². The third-order valence-electron chi connectivity index (χ3n) is 5.39. The number of unbranched alkanes of at least 4 members (excludes halogenated alkanes) is 4. The molecule has 0 aliphatic rings. The Kier molecular flexibility index (Phi) is 9.28. The number of hydrogen-bond donors (Lipinski definition) is 0. The molecule has 0 fully saturated rings. The van der Waals surface area contributed by atoms with Gasteiger partial charge in [-0.05, 0) is 17.9 Å². The van der Waals surface area contributed by atoms with Crippen LogP contribution in [-0.4, -0.2) is 22.8 Å². The van der Waals surface area contributed by atoms with E-state index in [1.165, 1.54) is 32.1 Å². The highest BCUT2D eigenvalue weighted by atomic mass is 28.4. The standard InChI is InChI=1S/C17H38O2Si/c1-9-10-11-12-13-14-20(18-7,19-8)17(5,6)16(4)15(2)3/h15-16H,9-14H2,1-8H3. The molecule has 0 spiro atoms. The van der Waals surface area contributed by atoms with E-state index in [1.54, 1.807) is 0 Å². The van der Waals surface area contributed by atoms with Gasteiger partial charge in [-0.25, -0.2) is 0 Å². The van der Waals surface area contributed by atoms with Gasteiger partial charge in [0.25, 0.3) is 0 Å². The normalized spacial score (nSPS) is 14.8. The zero-order chi connectivity index (χ0) is 15.8. The van der Waals surface area contributed by atoms with Crippen molar-refractivity contribution in [3.8, 4) is 0 Å². The Hall–Kier alpha value is 0.137. The molecule has 0 rings (SSSR count). The second-order valence-electron chi connectivity index (χ2n) is 7.08. The van der Waals surface area contributed by atoms with Crippen LogP contribution in [0.1, 0.15) is 73.6 Å². The van der Waals surface area contributed by atoms with Gasteiger partial charge >= 0.3 is 8.56 Å². The highest BCUT2D eigenvalue weighted by molar-refractivity contribution is 6.70. The molecular formula is C17H38O2Si. The highest BCUT2D eigenvalue weighted by Gasteiger charge is 2.53. The minimum Gasteiger partial charge on any atom is -0.397 e. The quantitative estimate of drug-likeness (QED) is 0.356. The van der Waals surface area contributed by atoms with Crippen LogP contribution in [0, 0.1) is 11.8 Å². The molecule has 0 aliphatic heterocycles. The van der Waals surface area contributed by atoms with Crippen molar-refractivity contribution in [1.29, 1.82) is 0 Å². The molecule has 0 N–H and O–H groups in total. The van der Waals surface area contributed by atoms with E-state index in [0.29, 0.717) is 11.8 Å². The zero-order valence-corrected chi connectivity index (χ0v) is 16.2. The van der Waals surface area contributed by atoms with E-state index < -0.39 is 8.56 Å². The maximum Gasteiger partial charge on any atom is 0.343 e. The van der Waals surface area contributed by atoms with E-state index in [2.05, 4.69) is 41.5 Å². The van der Waals surface area contributed by atoms with Gasteiger partial charge in [0.2, 0.25) is 0 Å². The van der Waals surface area contributed by atoms with E-state index in [1.807, 2.05) is 14.2 Å². The van der Waals surface area contributed by atoms with Gasteiger partial charge in [-0.15, -0.1) is 0 Å². The van der Waals surface area contributed by atoms with E-state index in [0.717, 1.165) is 6.04 Å². The molecular weight excluding hydrogens is 264 g/mol. The van der Waals surface area contributed by atoms with Crippen molar-refractivity contribution in [3.63, 3.8) is 0 Å². The molecule has 0 aromatic rings. The fourth-order valence-corrected chi connectivity index (χ4v) is 7.29. The molecule has 20 heavy (non-hydrogen) atoms. The maximum atomic E-state index is 6.05. The largest absolute Gasteiger partial charge is 0.397 e. The van der Waals surface area contributed by atoms with Crippen LogP contribution < -0.4 is 0 Å². The first-order chi connectivity index (χ1) is 9.29. The van der Waals surface area contributed by atoms with Crippen molar-refractivity contribution in [2.75, 3.05) is 14.2 Å². The van der Waals surface area contributed by atoms with Crippen molar-refractivity contribution < 1.29 is 8.85 Å². The summed E-state index contributed by atoms with van der Waals surface area (Å²) in [5.74, 6) is 1.26. The first kappa shape index (κ1) is 20.1. The molecule has 0 bridgehead atoms. The summed E-state index contributed by atoms with van der Waals surface area (Å²) in [7, 11) is 1.56. The summed E-state index contributed by atoms with van der Waals surface area (Å²) in [5.41, 5.74) is 0. The predicted molar refractivity (Wildman–Crippen MR) is 91.4 cm³/mol.